The lowest BCUT2D eigenvalue weighted by Gasteiger charge is -2.24. The third-order valence-corrected chi connectivity index (χ3v) is 4.44. The Kier molecular flexibility index (Phi) is 9.73. The minimum absolute atomic E-state index is 0. The number of ether oxygens (including phenoxy) is 1. The number of rotatable bonds is 6. The number of nitrogens with one attached hydrogen (secondary N) is 3. The summed E-state index contributed by atoms with van der Waals surface area (Å²) < 4.78 is 6.63. The number of carbonyl (C=O) groups is 1. The first-order valence-corrected chi connectivity index (χ1v) is 8.94. The Morgan fingerprint density at radius 3 is 2.72 bits per heavy atom. The van der Waals surface area contributed by atoms with Crippen LogP contribution in [0.25, 0.3) is 0 Å². The Bertz CT molecular complexity index is 592. The summed E-state index contributed by atoms with van der Waals surface area (Å²) in [7, 11) is 1.73. The van der Waals surface area contributed by atoms with Crippen LogP contribution in [-0.2, 0) is 4.74 Å². The van der Waals surface area contributed by atoms with Crippen LogP contribution < -0.4 is 16.0 Å². The molecule has 1 unspecified atom stereocenters. The van der Waals surface area contributed by atoms with Gasteiger partial charge in [-0.15, -0.1) is 24.0 Å². The Morgan fingerprint density at radius 1 is 1.32 bits per heavy atom. The van der Waals surface area contributed by atoms with Crippen molar-refractivity contribution in [3.63, 3.8) is 0 Å². The summed E-state index contributed by atoms with van der Waals surface area (Å²) in [6.07, 6.45) is 2.16. The molecular weight excluding hydrogens is 499 g/mol. The van der Waals surface area contributed by atoms with E-state index in [0.29, 0.717) is 24.6 Å². The molecule has 0 bridgehead atoms. The van der Waals surface area contributed by atoms with Crippen molar-refractivity contribution >= 4 is 51.8 Å². The minimum Gasteiger partial charge on any atom is -0.373 e. The van der Waals surface area contributed by atoms with Gasteiger partial charge in [0.1, 0.15) is 0 Å². The molecule has 6 nitrogen and oxygen atoms in total. The van der Waals surface area contributed by atoms with Crippen molar-refractivity contribution in [1.29, 1.82) is 0 Å². The number of hydrogen-bond donors (Lipinski definition) is 3. The van der Waals surface area contributed by atoms with Crippen LogP contribution >= 0.6 is 39.9 Å². The summed E-state index contributed by atoms with van der Waals surface area (Å²) in [6, 6.07) is 7.32. The van der Waals surface area contributed by atoms with Crippen LogP contribution in [0, 0.1) is 0 Å². The zero-order valence-electron chi connectivity index (χ0n) is 14.6. The standard InChI is InChI=1S/C17H25BrN4O2.HI/c1-17(7-4-10-24-17)12-22-16(19-2)21-9-8-20-15(23)13-5-3-6-14(18)11-13;/h3,5-6,11H,4,7-10,12H2,1-2H3,(H,20,23)(H2,19,21,22);1H. The predicted molar refractivity (Wildman–Crippen MR) is 115 cm³/mol. The SMILES string of the molecule is CN=C(NCCNC(=O)c1cccc(Br)c1)NCC1(C)CCCO1.I. The first-order valence-electron chi connectivity index (χ1n) is 8.15. The van der Waals surface area contributed by atoms with E-state index in [1.165, 1.54) is 0 Å². The molecule has 2 rings (SSSR count). The molecule has 1 aliphatic rings. The first-order chi connectivity index (χ1) is 11.5. The molecular formula is C17H26BrIN4O2. The summed E-state index contributed by atoms with van der Waals surface area (Å²) in [5.74, 6) is 0.622. The van der Waals surface area contributed by atoms with E-state index in [4.69, 9.17) is 4.74 Å². The van der Waals surface area contributed by atoms with Gasteiger partial charge in [-0.25, -0.2) is 0 Å². The number of guanidine groups is 1. The smallest absolute Gasteiger partial charge is 0.251 e. The van der Waals surface area contributed by atoms with Crippen molar-refractivity contribution in [3.8, 4) is 0 Å². The zero-order chi connectivity index (χ0) is 17.4. The number of aliphatic imine (C=N–C) groups is 1. The van der Waals surface area contributed by atoms with Gasteiger partial charge in [0.05, 0.1) is 5.60 Å². The van der Waals surface area contributed by atoms with Crippen LogP contribution in [0.3, 0.4) is 0 Å². The molecule has 3 N–H and O–H groups in total. The van der Waals surface area contributed by atoms with Crippen LogP contribution in [0.15, 0.2) is 33.7 Å². The summed E-state index contributed by atoms with van der Waals surface area (Å²) in [4.78, 5) is 16.2. The molecule has 0 aromatic heterocycles. The third-order valence-electron chi connectivity index (χ3n) is 3.94. The van der Waals surface area contributed by atoms with E-state index in [2.05, 4.69) is 43.8 Å². The van der Waals surface area contributed by atoms with Crippen molar-refractivity contribution in [1.82, 2.24) is 16.0 Å². The fourth-order valence-corrected chi connectivity index (χ4v) is 2.96. The van der Waals surface area contributed by atoms with Crippen molar-refractivity contribution in [2.75, 3.05) is 33.3 Å². The second-order valence-corrected chi connectivity index (χ2v) is 6.94. The Balaban J connectivity index is 0.00000312. The van der Waals surface area contributed by atoms with Gasteiger partial charge in [0.25, 0.3) is 5.91 Å². The lowest BCUT2D eigenvalue weighted by atomic mass is 10.0. The van der Waals surface area contributed by atoms with E-state index >= 15 is 0 Å². The first kappa shape index (κ1) is 22.2. The number of benzene rings is 1. The van der Waals surface area contributed by atoms with Gasteiger partial charge in [-0.3, -0.25) is 9.79 Å². The molecule has 1 amide bonds. The lowest BCUT2D eigenvalue weighted by Crippen LogP contribution is -2.47. The quantitative estimate of drug-likeness (QED) is 0.231. The molecule has 1 saturated heterocycles. The topological polar surface area (TPSA) is 74.8 Å². The summed E-state index contributed by atoms with van der Waals surface area (Å²) in [5, 5.41) is 9.34. The van der Waals surface area contributed by atoms with Gasteiger partial charge in [0, 0.05) is 43.3 Å². The number of nitrogens with zero attached hydrogens (tertiary/aromatic N) is 1. The average molecular weight is 525 g/mol. The predicted octanol–water partition coefficient (Wildman–Crippen LogP) is 2.53. The minimum atomic E-state index is -0.119. The molecule has 0 aliphatic carbocycles. The number of halogens is 2. The highest BCUT2D eigenvalue weighted by Crippen LogP contribution is 2.23. The van der Waals surface area contributed by atoms with Gasteiger partial charge in [0.2, 0.25) is 0 Å². The molecule has 1 heterocycles. The second-order valence-electron chi connectivity index (χ2n) is 6.02. The van der Waals surface area contributed by atoms with Crippen LogP contribution in [-0.4, -0.2) is 50.8 Å². The fourth-order valence-electron chi connectivity index (χ4n) is 2.56. The van der Waals surface area contributed by atoms with Gasteiger partial charge in [-0.2, -0.15) is 0 Å². The van der Waals surface area contributed by atoms with Gasteiger partial charge < -0.3 is 20.7 Å². The lowest BCUT2D eigenvalue weighted by molar-refractivity contribution is 0.0243. The molecule has 1 aromatic rings. The van der Waals surface area contributed by atoms with Crippen molar-refractivity contribution < 1.29 is 9.53 Å². The maximum Gasteiger partial charge on any atom is 0.251 e. The molecule has 1 aliphatic heterocycles. The molecule has 140 valence electrons. The Labute approximate surface area is 174 Å². The maximum atomic E-state index is 12.0. The molecule has 1 fully saturated rings. The van der Waals surface area contributed by atoms with E-state index in [1.807, 2.05) is 12.1 Å². The summed E-state index contributed by atoms with van der Waals surface area (Å²) >= 11 is 3.36. The normalized spacial score (nSPS) is 19.9. The monoisotopic (exact) mass is 524 g/mol. The number of hydrogen-bond acceptors (Lipinski definition) is 3. The van der Waals surface area contributed by atoms with Gasteiger partial charge >= 0.3 is 0 Å². The summed E-state index contributed by atoms with van der Waals surface area (Å²) in [5.41, 5.74) is 0.519. The zero-order valence-corrected chi connectivity index (χ0v) is 18.5. The van der Waals surface area contributed by atoms with Crippen LogP contribution in [0.2, 0.25) is 0 Å². The molecule has 1 aromatic carbocycles. The van der Waals surface area contributed by atoms with E-state index in [1.54, 1.807) is 19.2 Å². The van der Waals surface area contributed by atoms with E-state index in [-0.39, 0.29) is 35.5 Å². The highest BCUT2D eigenvalue weighted by atomic mass is 127. The van der Waals surface area contributed by atoms with Gasteiger partial charge in [-0.05, 0) is 38.0 Å². The molecule has 8 heteroatoms. The van der Waals surface area contributed by atoms with Crippen molar-refractivity contribution in [3.05, 3.63) is 34.3 Å². The highest BCUT2D eigenvalue weighted by Gasteiger charge is 2.29. The van der Waals surface area contributed by atoms with Crippen molar-refractivity contribution in [2.45, 2.75) is 25.4 Å². The highest BCUT2D eigenvalue weighted by molar-refractivity contribution is 14.0. The van der Waals surface area contributed by atoms with Crippen LogP contribution in [0.4, 0.5) is 0 Å². The Morgan fingerprint density at radius 2 is 2.08 bits per heavy atom. The van der Waals surface area contributed by atoms with Gasteiger partial charge in [-0.1, -0.05) is 22.0 Å². The molecule has 0 spiro atoms. The summed E-state index contributed by atoms with van der Waals surface area (Å²) in [6.45, 7) is 4.76. The van der Waals surface area contributed by atoms with E-state index < -0.39 is 0 Å². The average Bonchev–Trinajstić information content (AvgIpc) is 3.01. The van der Waals surface area contributed by atoms with Crippen LogP contribution in [0.5, 0.6) is 0 Å². The van der Waals surface area contributed by atoms with Crippen molar-refractivity contribution in [2.24, 2.45) is 4.99 Å². The molecule has 25 heavy (non-hydrogen) atoms. The number of carbonyl (C=O) groups excluding carboxylic acids is 1. The van der Waals surface area contributed by atoms with E-state index in [0.717, 1.165) is 30.5 Å². The number of amides is 1. The molecule has 0 radical (unpaired) electrons. The maximum absolute atomic E-state index is 12.0. The third kappa shape index (κ3) is 7.49. The van der Waals surface area contributed by atoms with Gasteiger partial charge in [0.15, 0.2) is 5.96 Å². The Hall–Kier alpha value is -0.870. The molecule has 1 atom stereocenters. The second kappa shape index (κ2) is 11.0. The fraction of sp³-hybridized carbons (Fsp3) is 0.529. The van der Waals surface area contributed by atoms with E-state index in [9.17, 15) is 4.79 Å². The molecule has 0 saturated carbocycles. The largest absolute Gasteiger partial charge is 0.373 e. The van der Waals surface area contributed by atoms with Crippen LogP contribution in [0.1, 0.15) is 30.1 Å².